The van der Waals surface area contributed by atoms with E-state index in [1.54, 1.807) is 30.5 Å². The van der Waals surface area contributed by atoms with E-state index in [1.165, 1.54) is 14.2 Å². The SMILES string of the molecule is CON(N=Cc1ccc(O)cc1)OC. The van der Waals surface area contributed by atoms with E-state index >= 15 is 0 Å². The van der Waals surface area contributed by atoms with Crippen molar-refractivity contribution in [2.75, 3.05) is 14.2 Å². The van der Waals surface area contributed by atoms with Crippen LogP contribution in [0.3, 0.4) is 0 Å². The molecule has 0 saturated heterocycles. The fraction of sp³-hybridized carbons (Fsp3) is 0.222. The highest BCUT2D eigenvalue weighted by Gasteiger charge is 1.93. The van der Waals surface area contributed by atoms with Gasteiger partial charge in [0.05, 0.1) is 20.4 Å². The van der Waals surface area contributed by atoms with E-state index in [2.05, 4.69) is 5.10 Å². The van der Waals surface area contributed by atoms with Crippen LogP contribution in [-0.2, 0) is 9.68 Å². The Hall–Kier alpha value is -1.59. The number of hydrazone groups is 1. The summed E-state index contributed by atoms with van der Waals surface area (Å²) in [4.78, 5) is 9.42. The molecule has 0 amide bonds. The second-order valence-corrected chi connectivity index (χ2v) is 2.44. The van der Waals surface area contributed by atoms with Crippen molar-refractivity contribution in [3.63, 3.8) is 0 Å². The number of aromatic hydroxyl groups is 1. The molecule has 5 nitrogen and oxygen atoms in total. The van der Waals surface area contributed by atoms with Crippen LogP contribution >= 0.6 is 0 Å². The topological polar surface area (TPSA) is 54.3 Å². The Labute approximate surface area is 82.1 Å². The number of hydrogen-bond acceptors (Lipinski definition) is 5. The average molecular weight is 196 g/mol. The highest BCUT2D eigenvalue weighted by molar-refractivity contribution is 5.79. The van der Waals surface area contributed by atoms with Crippen molar-refractivity contribution in [3.05, 3.63) is 29.8 Å². The first-order valence-corrected chi connectivity index (χ1v) is 3.97. The van der Waals surface area contributed by atoms with Crippen LogP contribution in [0, 0.1) is 0 Å². The zero-order valence-electron chi connectivity index (χ0n) is 8.04. The zero-order chi connectivity index (χ0) is 10.4. The van der Waals surface area contributed by atoms with Gasteiger partial charge in [0.2, 0.25) is 0 Å². The van der Waals surface area contributed by atoms with Crippen molar-refractivity contribution in [1.82, 2.24) is 5.34 Å². The van der Waals surface area contributed by atoms with Crippen molar-refractivity contribution in [2.45, 2.75) is 0 Å². The lowest BCUT2D eigenvalue weighted by molar-refractivity contribution is -0.343. The molecule has 0 aliphatic heterocycles. The maximum Gasteiger partial charge on any atom is 0.115 e. The molecule has 5 heteroatoms. The van der Waals surface area contributed by atoms with Gasteiger partial charge in [0.1, 0.15) is 5.75 Å². The summed E-state index contributed by atoms with van der Waals surface area (Å²) in [6, 6.07) is 6.60. The molecule has 0 aliphatic rings. The van der Waals surface area contributed by atoms with Gasteiger partial charge in [-0.2, -0.15) is 0 Å². The zero-order valence-corrected chi connectivity index (χ0v) is 8.04. The normalized spacial score (nSPS) is 10.7. The number of benzene rings is 1. The van der Waals surface area contributed by atoms with E-state index in [-0.39, 0.29) is 5.75 Å². The quantitative estimate of drug-likeness (QED) is 0.579. The first kappa shape index (κ1) is 10.5. The van der Waals surface area contributed by atoms with Gasteiger partial charge in [-0.25, -0.2) is 9.68 Å². The number of phenols is 1. The Bertz CT molecular complexity index is 293. The molecule has 14 heavy (non-hydrogen) atoms. The molecule has 0 bridgehead atoms. The largest absolute Gasteiger partial charge is 0.508 e. The standard InChI is InChI=1S/C9H12N2O3/c1-13-11(14-2)10-7-8-3-5-9(12)6-4-8/h3-7,12H,1-2H3. The van der Waals surface area contributed by atoms with Gasteiger partial charge in [0.25, 0.3) is 0 Å². The van der Waals surface area contributed by atoms with Gasteiger partial charge in [-0.3, -0.25) is 0 Å². The van der Waals surface area contributed by atoms with Crippen molar-refractivity contribution in [3.8, 4) is 5.75 Å². The van der Waals surface area contributed by atoms with Crippen molar-refractivity contribution < 1.29 is 14.8 Å². The van der Waals surface area contributed by atoms with Gasteiger partial charge >= 0.3 is 0 Å². The van der Waals surface area contributed by atoms with Gasteiger partial charge in [0, 0.05) is 0 Å². The predicted octanol–water partition coefficient (Wildman–Crippen LogP) is 1.15. The molecule has 0 unspecified atom stereocenters. The predicted molar refractivity (Wildman–Crippen MR) is 51.6 cm³/mol. The first-order chi connectivity index (χ1) is 6.76. The van der Waals surface area contributed by atoms with Gasteiger partial charge in [-0.05, 0) is 35.2 Å². The van der Waals surface area contributed by atoms with Crippen LogP contribution < -0.4 is 0 Å². The van der Waals surface area contributed by atoms with E-state index < -0.39 is 0 Å². The summed E-state index contributed by atoms with van der Waals surface area (Å²) in [5, 5.41) is 13.8. The molecule has 0 heterocycles. The van der Waals surface area contributed by atoms with E-state index in [4.69, 9.17) is 14.8 Å². The summed E-state index contributed by atoms with van der Waals surface area (Å²) in [6.07, 6.45) is 1.55. The number of rotatable bonds is 4. The van der Waals surface area contributed by atoms with E-state index in [0.29, 0.717) is 0 Å². The lowest BCUT2D eigenvalue weighted by Gasteiger charge is -2.09. The highest BCUT2D eigenvalue weighted by Crippen LogP contribution is 2.07. The summed E-state index contributed by atoms with van der Waals surface area (Å²) in [7, 11) is 2.88. The molecule has 76 valence electrons. The second-order valence-electron chi connectivity index (χ2n) is 2.44. The highest BCUT2D eigenvalue weighted by atomic mass is 17.0. The lowest BCUT2D eigenvalue weighted by Crippen LogP contribution is -2.13. The lowest BCUT2D eigenvalue weighted by atomic mass is 10.2. The summed E-state index contributed by atoms with van der Waals surface area (Å²) in [6.45, 7) is 0. The molecule has 0 atom stereocenters. The third-order valence-corrected chi connectivity index (χ3v) is 1.51. The van der Waals surface area contributed by atoms with Crippen molar-refractivity contribution >= 4 is 6.21 Å². The summed E-state index contributed by atoms with van der Waals surface area (Å²) >= 11 is 0. The maximum atomic E-state index is 9.02. The van der Waals surface area contributed by atoms with Crippen LogP contribution in [0.15, 0.2) is 29.4 Å². The minimum absolute atomic E-state index is 0.220. The average Bonchev–Trinajstić information content (AvgIpc) is 2.22. The van der Waals surface area contributed by atoms with Gasteiger partial charge in [0.15, 0.2) is 0 Å². The Morgan fingerprint density at radius 3 is 2.29 bits per heavy atom. The number of nitrogens with zero attached hydrogens (tertiary/aromatic N) is 2. The smallest absolute Gasteiger partial charge is 0.115 e. The van der Waals surface area contributed by atoms with E-state index in [1.807, 2.05) is 0 Å². The number of phenolic OH excluding ortho intramolecular Hbond substituents is 1. The van der Waals surface area contributed by atoms with Crippen LogP contribution in [-0.4, -0.2) is 30.9 Å². The van der Waals surface area contributed by atoms with Crippen LogP contribution in [0.5, 0.6) is 5.75 Å². The van der Waals surface area contributed by atoms with Crippen LogP contribution in [0.25, 0.3) is 0 Å². The second kappa shape index (κ2) is 5.21. The first-order valence-electron chi connectivity index (χ1n) is 3.97. The molecular formula is C9H12N2O3. The van der Waals surface area contributed by atoms with E-state index in [0.717, 1.165) is 10.9 Å². The van der Waals surface area contributed by atoms with Crippen molar-refractivity contribution in [1.29, 1.82) is 0 Å². The Morgan fingerprint density at radius 2 is 1.79 bits per heavy atom. The molecule has 1 N–H and O–H groups in total. The monoisotopic (exact) mass is 196 g/mol. The Morgan fingerprint density at radius 1 is 1.21 bits per heavy atom. The van der Waals surface area contributed by atoms with Crippen LogP contribution in [0.1, 0.15) is 5.56 Å². The summed E-state index contributed by atoms with van der Waals surface area (Å²) < 4.78 is 0. The molecule has 0 radical (unpaired) electrons. The maximum absolute atomic E-state index is 9.02. The molecule has 0 saturated carbocycles. The van der Waals surface area contributed by atoms with Gasteiger partial charge in [-0.1, -0.05) is 0 Å². The fourth-order valence-electron chi connectivity index (χ4n) is 0.843. The summed E-state index contributed by atoms with van der Waals surface area (Å²) in [5.74, 6) is 0.220. The molecule has 1 rings (SSSR count). The molecule has 0 fully saturated rings. The molecule has 1 aromatic carbocycles. The molecular weight excluding hydrogens is 184 g/mol. The minimum Gasteiger partial charge on any atom is -0.508 e. The fourth-order valence-corrected chi connectivity index (χ4v) is 0.843. The third-order valence-electron chi connectivity index (χ3n) is 1.51. The number of hydrogen-bond donors (Lipinski definition) is 1. The molecule has 0 spiro atoms. The van der Waals surface area contributed by atoms with Gasteiger partial charge in [-0.15, -0.1) is 5.10 Å². The molecule has 0 aromatic heterocycles. The minimum atomic E-state index is 0.220. The third kappa shape index (κ3) is 3.04. The van der Waals surface area contributed by atoms with E-state index in [9.17, 15) is 0 Å². The van der Waals surface area contributed by atoms with Crippen LogP contribution in [0.4, 0.5) is 0 Å². The van der Waals surface area contributed by atoms with Gasteiger partial charge < -0.3 is 5.11 Å². The van der Waals surface area contributed by atoms with Crippen molar-refractivity contribution in [2.24, 2.45) is 5.10 Å². The van der Waals surface area contributed by atoms with Crippen LogP contribution in [0.2, 0.25) is 0 Å². The Kier molecular flexibility index (Phi) is 3.90. The molecule has 0 aliphatic carbocycles. The summed E-state index contributed by atoms with van der Waals surface area (Å²) in [5.41, 5.74) is 0.835. The Balaban J connectivity index is 2.63. The molecule has 1 aromatic rings.